The van der Waals surface area contributed by atoms with Crippen molar-refractivity contribution in [2.75, 3.05) is 6.61 Å². The normalized spacial score (nSPS) is 35.4. The molecule has 1 unspecified atom stereocenters. The number of aromatic nitrogens is 2. The van der Waals surface area contributed by atoms with Gasteiger partial charge < -0.3 is 9.40 Å². The second kappa shape index (κ2) is 8.81. The highest BCUT2D eigenvalue weighted by molar-refractivity contribution is 5.85. The van der Waals surface area contributed by atoms with Crippen molar-refractivity contribution < 1.29 is 4.84 Å². The van der Waals surface area contributed by atoms with E-state index in [9.17, 15) is 0 Å². The zero-order valence-corrected chi connectivity index (χ0v) is 19.5. The lowest BCUT2D eigenvalue weighted by atomic mass is 9.68. The summed E-state index contributed by atoms with van der Waals surface area (Å²) in [5, 5.41) is 4.19. The molecule has 3 heterocycles. The summed E-state index contributed by atoms with van der Waals surface area (Å²) in [4.78, 5) is 13.3. The van der Waals surface area contributed by atoms with E-state index >= 15 is 0 Å². The molecule has 4 aliphatic rings. The third-order valence-corrected chi connectivity index (χ3v) is 8.89. The van der Waals surface area contributed by atoms with Crippen molar-refractivity contribution in [3.8, 4) is 0 Å². The second-order valence-corrected chi connectivity index (χ2v) is 10.8. The van der Waals surface area contributed by atoms with E-state index in [4.69, 9.17) is 9.82 Å². The van der Waals surface area contributed by atoms with E-state index < -0.39 is 0 Å². The van der Waals surface area contributed by atoms with E-state index in [1.807, 2.05) is 13.1 Å². The Kier molecular flexibility index (Phi) is 5.70. The first kappa shape index (κ1) is 20.7. The van der Waals surface area contributed by atoms with Crippen LogP contribution >= 0.6 is 0 Å². The summed E-state index contributed by atoms with van der Waals surface area (Å²) in [7, 11) is 0. The van der Waals surface area contributed by atoms with Crippen LogP contribution in [0.3, 0.4) is 0 Å². The second-order valence-electron chi connectivity index (χ2n) is 10.8. The van der Waals surface area contributed by atoms with Crippen molar-refractivity contribution in [1.29, 1.82) is 0 Å². The number of hydrogen-bond acceptors (Lipinski definition) is 4. The van der Waals surface area contributed by atoms with E-state index in [-0.39, 0.29) is 0 Å². The molecule has 0 radical (unpaired) electrons. The van der Waals surface area contributed by atoms with E-state index in [0.29, 0.717) is 12.6 Å². The van der Waals surface area contributed by atoms with Gasteiger partial charge in [-0.3, -0.25) is 4.90 Å². The standard InChI is InChI=1S/C27H38N4O/c1-2-32-28-18-27-29-25-11-3-4-12-26(25)31(27)24-16-21-9-6-10-22(17-24)30(21)23-14-19-7-5-8-20(13-19)15-23/h3-4,11-12,18-24H,2,5-10,13-17H2,1H3/b28-18+/t19-,20+,21-,22+,23+,24?. The average Bonchev–Trinajstić information content (AvgIpc) is 3.16. The summed E-state index contributed by atoms with van der Waals surface area (Å²) in [6.45, 7) is 2.55. The zero-order chi connectivity index (χ0) is 21.5. The minimum atomic E-state index is 0.500. The maximum absolute atomic E-state index is 5.29. The van der Waals surface area contributed by atoms with Gasteiger partial charge in [-0.25, -0.2) is 4.98 Å². The summed E-state index contributed by atoms with van der Waals surface area (Å²) < 4.78 is 2.48. The molecule has 6 atom stereocenters. The van der Waals surface area contributed by atoms with Crippen LogP contribution in [-0.4, -0.2) is 45.4 Å². The molecule has 2 aromatic rings. The number of para-hydroxylation sites is 2. The summed E-state index contributed by atoms with van der Waals surface area (Å²) in [5.74, 6) is 2.96. The number of nitrogens with zero attached hydrogens (tertiary/aromatic N) is 4. The Balaban J connectivity index is 1.29. The van der Waals surface area contributed by atoms with Crippen LogP contribution in [0.5, 0.6) is 0 Å². The van der Waals surface area contributed by atoms with Gasteiger partial charge in [-0.15, -0.1) is 0 Å². The molecule has 5 heteroatoms. The minimum Gasteiger partial charge on any atom is -0.396 e. The number of piperidine rings is 2. The van der Waals surface area contributed by atoms with Crippen LogP contribution in [-0.2, 0) is 4.84 Å². The maximum Gasteiger partial charge on any atom is 0.155 e. The average molecular weight is 435 g/mol. The van der Waals surface area contributed by atoms with Gasteiger partial charge in [-0.1, -0.05) is 43.0 Å². The minimum absolute atomic E-state index is 0.500. The molecule has 2 aliphatic carbocycles. The Labute approximate surface area is 192 Å². The van der Waals surface area contributed by atoms with Gasteiger partial charge in [0.1, 0.15) is 12.8 Å². The van der Waals surface area contributed by atoms with Gasteiger partial charge in [-0.2, -0.15) is 0 Å². The summed E-state index contributed by atoms with van der Waals surface area (Å²) >= 11 is 0. The Morgan fingerprint density at radius 2 is 1.62 bits per heavy atom. The van der Waals surface area contributed by atoms with Crippen LogP contribution in [0.4, 0.5) is 0 Å². The summed E-state index contributed by atoms with van der Waals surface area (Å²) in [5.41, 5.74) is 2.31. The van der Waals surface area contributed by atoms with E-state index in [1.165, 1.54) is 76.1 Å². The largest absolute Gasteiger partial charge is 0.396 e. The first-order valence-electron chi connectivity index (χ1n) is 13.2. The molecule has 5 nitrogen and oxygen atoms in total. The molecule has 1 aromatic heterocycles. The van der Waals surface area contributed by atoms with Crippen LogP contribution in [0.15, 0.2) is 29.4 Å². The third kappa shape index (κ3) is 3.76. The first-order valence-corrected chi connectivity index (χ1v) is 13.2. The smallest absolute Gasteiger partial charge is 0.155 e. The Hall–Kier alpha value is -1.88. The van der Waals surface area contributed by atoms with Crippen LogP contribution in [0, 0.1) is 11.8 Å². The third-order valence-electron chi connectivity index (χ3n) is 8.89. The van der Waals surface area contributed by atoms with Crippen molar-refractivity contribution in [2.24, 2.45) is 17.0 Å². The zero-order valence-electron chi connectivity index (χ0n) is 19.5. The molecule has 2 aliphatic heterocycles. The van der Waals surface area contributed by atoms with Gasteiger partial charge in [0.05, 0.1) is 11.0 Å². The van der Waals surface area contributed by atoms with Crippen LogP contribution < -0.4 is 0 Å². The van der Waals surface area contributed by atoms with Gasteiger partial charge in [0.2, 0.25) is 0 Å². The summed E-state index contributed by atoms with van der Waals surface area (Å²) in [6, 6.07) is 11.4. The molecule has 172 valence electrons. The number of fused-ring (bicyclic) bond motifs is 5. The highest BCUT2D eigenvalue weighted by Crippen LogP contribution is 2.47. The fourth-order valence-corrected chi connectivity index (χ4v) is 7.83. The highest BCUT2D eigenvalue weighted by Gasteiger charge is 2.45. The Morgan fingerprint density at radius 3 is 2.38 bits per heavy atom. The lowest BCUT2D eigenvalue weighted by Gasteiger charge is -2.55. The fourth-order valence-electron chi connectivity index (χ4n) is 7.83. The van der Waals surface area contributed by atoms with Crippen molar-refractivity contribution in [1.82, 2.24) is 14.5 Å². The number of hydrogen-bond donors (Lipinski definition) is 0. The monoisotopic (exact) mass is 434 g/mol. The molecule has 6 rings (SSSR count). The van der Waals surface area contributed by atoms with Crippen molar-refractivity contribution in [3.05, 3.63) is 30.1 Å². The van der Waals surface area contributed by atoms with Gasteiger partial charge >= 0.3 is 0 Å². The topological polar surface area (TPSA) is 42.7 Å². The SMILES string of the molecule is CCO/N=C/c1nc2ccccc2n1C1C[C@H]2CCC[C@@H](C1)N2[C@H]1C[C@@H]2CCC[C@@H](C2)C1. The Bertz CT molecular complexity index is 942. The molecule has 0 spiro atoms. The fraction of sp³-hybridized carbons (Fsp3) is 0.704. The van der Waals surface area contributed by atoms with Gasteiger partial charge in [-0.05, 0) is 75.8 Å². The van der Waals surface area contributed by atoms with Crippen LogP contribution in [0.2, 0.25) is 0 Å². The highest BCUT2D eigenvalue weighted by atomic mass is 16.6. The molecule has 0 N–H and O–H groups in total. The van der Waals surface area contributed by atoms with Crippen LogP contribution in [0.1, 0.15) is 89.4 Å². The van der Waals surface area contributed by atoms with Crippen molar-refractivity contribution >= 4 is 17.2 Å². The molecule has 2 saturated heterocycles. The van der Waals surface area contributed by atoms with Gasteiger partial charge in [0, 0.05) is 24.2 Å². The van der Waals surface area contributed by atoms with E-state index in [2.05, 4.69) is 38.9 Å². The Morgan fingerprint density at radius 1 is 0.906 bits per heavy atom. The lowest BCUT2D eigenvalue weighted by molar-refractivity contribution is -0.0483. The molecule has 1 aromatic carbocycles. The lowest BCUT2D eigenvalue weighted by Crippen LogP contribution is -2.58. The molecule has 4 fully saturated rings. The molecular formula is C27H38N4O. The van der Waals surface area contributed by atoms with Crippen LogP contribution in [0.25, 0.3) is 11.0 Å². The quantitative estimate of drug-likeness (QED) is 0.432. The van der Waals surface area contributed by atoms with Crippen molar-refractivity contribution in [2.45, 2.75) is 102 Å². The maximum atomic E-state index is 5.29. The molecule has 0 amide bonds. The molecule has 4 bridgehead atoms. The molecular weight excluding hydrogens is 396 g/mol. The number of oxime groups is 1. The molecule has 2 saturated carbocycles. The predicted octanol–water partition coefficient (Wildman–Crippen LogP) is 5.93. The molecule has 32 heavy (non-hydrogen) atoms. The summed E-state index contributed by atoms with van der Waals surface area (Å²) in [6.07, 6.45) is 17.4. The van der Waals surface area contributed by atoms with Gasteiger partial charge in [0.15, 0.2) is 5.82 Å². The number of rotatable bonds is 5. The van der Waals surface area contributed by atoms with Gasteiger partial charge in [0.25, 0.3) is 0 Å². The van der Waals surface area contributed by atoms with E-state index in [1.54, 1.807) is 0 Å². The number of benzene rings is 1. The first-order chi connectivity index (χ1) is 15.8. The predicted molar refractivity (Wildman–Crippen MR) is 129 cm³/mol. The van der Waals surface area contributed by atoms with Crippen molar-refractivity contribution in [3.63, 3.8) is 0 Å². The number of imidazole rings is 1. The van der Waals surface area contributed by atoms with E-state index in [0.717, 1.165) is 41.3 Å².